The third-order valence-electron chi connectivity index (χ3n) is 5.54. The van der Waals surface area contributed by atoms with E-state index in [0.29, 0.717) is 0 Å². The van der Waals surface area contributed by atoms with Crippen molar-refractivity contribution in [3.8, 4) is 0 Å². The van der Waals surface area contributed by atoms with Gasteiger partial charge >= 0.3 is 0 Å². The first-order valence-electron chi connectivity index (χ1n) is 12.1. The van der Waals surface area contributed by atoms with Crippen molar-refractivity contribution in [3.05, 3.63) is 0 Å². The molecule has 0 aliphatic carbocycles. The van der Waals surface area contributed by atoms with Crippen LogP contribution in [0.5, 0.6) is 0 Å². The number of hydrogen-bond donors (Lipinski definition) is 18. The first-order chi connectivity index (χ1) is 20.5. The molecule has 0 heterocycles. The van der Waals surface area contributed by atoms with E-state index in [1.165, 1.54) is 0 Å². The van der Waals surface area contributed by atoms with Gasteiger partial charge in [-0.25, -0.2) is 0 Å². The van der Waals surface area contributed by atoms with E-state index >= 15 is 0 Å². The van der Waals surface area contributed by atoms with Crippen LogP contribution in [-0.4, -0.2) is 221 Å². The number of rotatable bonds is 18. The molecule has 0 saturated carbocycles. The van der Waals surface area contributed by atoms with Gasteiger partial charge in [0.2, 0.25) is 0 Å². The Hall–Kier alpha value is -1.65. The van der Waals surface area contributed by atoms with Gasteiger partial charge in [-0.1, -0.05) is 0 Å². The molecule has 18 N–H and O–H groups in total. The van der Waals surface area contributed by atoms with Crippen LogP contribution >= 0.6 is 0 Å². The molecule has 25 heteroatoms. The van der Waals surface area contributed by atoms with Gasteiger partial charge in [0, 0.05) is 20.4 Å². The maximum Gasteiger partial charge on any atom is 0.122 e. The molecule has 0 bridgehead atoms. The largest absolute Gasteiger partial charge is 0.547 e. The Balaban J connectivity index is -0.000000285. The van der Waals surface area contributed by atoms with Crippen LogP contribution < -0.4 is 15.3 Å². The van der Waals surface area contributed by atoms with Crippen molar-refractivity contribution in [2.45, 2.75) is 91.6 Å². The first-order valence-corrected chi connectivity index (χ1v) is 12.1. The van der Waals surface area contributed by atoms with Gasteiger partial charge in [-0.2, -0.15) is 0 Å². The van der Waals surface area contributed by atoms with Gasteiger partial charge in [0.25, 0.3) is 0 Å². The summed E-state index contributed by atoms with van der Waals surface area (Å²) in [6, 6.07) is 0. The van der Waals surface area contributed by atoms with Gasteiger partial charge in [0.1, 0.15) is 91.6 Å². The smallest absolute Gasteiger partial charge is 0.122 e. The summed E-state index contributed by atoms with van der Waals surface area (Å²) in [6.07, 6.45) is -31.5. The SMILES string of the molecule is O=C([O-])[C@H](O)[C@@H](O)[C@H](O)[C@H](O)C(O)CO.O=C([O-])[C@H](O)[C@@H](O)[C@H](O)[C@H](O)C(O)CO.O=C([O-])[C@H](O)[C@@H](O)[C@H](O)[C@H](O)C(O)CO.[Re]. The van der Waals surface area contributed by atoms with Crippen LogP contribution in [0.1, 0.15) is 0 Å². The second-order valence-corrected chi connectivity index (χ2v) is 8.96. The van der Waals surface area contributed by atoms with E-state index in [1.54, 1.807) is 0 Å². The monoisotopic (exact) mass is 862 g/mol. The van der Waals surface area contributed by atoms with Crippen LogP contribution in [0.3, 0.4) is 0 Å². The van der Waals surface area contributed by atoms with Gasteiger partial charge in [-0.15, -0.1) is 0 Å². The molecule has 0 aromatic carbocycles. The third kappa shape index (κ3) is 17.5. The average molecular weight is 862 g/mol. The average Bonchev–Trinajstić information content (AvgIpc) is 3.02. The Kier molecular flexibility index (Phi) is 28.2. The quantitative estimate of drug-likeness (QED) is 0.0608. The third-order valence-corrected chi connectivity index (χ3v) is 5.54. The maximum atomic E-state index is 10.1. The number of hydrogen-bond acceptors (Lipinski definition) is 24. The van der Waals surface area contributed by atoms with Gasteiger partial charge in [-0.05, 0) is 0 Å². The number of aliphatic hydroxyl groups excluding tert-OH is 18. The van der Waals surface area contributed by atoms with Crippen molar-refractivity contribution in [2.24, 2.45) is 0 Å². The number of carboxylic acid groups (broad SMARTS) is 3. The molecule has 0 spiro atoms. The Labute approximate surface area is 271 Å². The topological polar surface area (TPSA) is 485 Å². The minimum absolute atomic E-state index is 0. The number of aliphatic carboxylic acids is 3. The number of carboxylic acids is 3. The van der Waals surface area contributed by atoms with Crippen molar-refractivity contribution in [1.29, 1.82) is 0 Å². The summed E-state index contributed by atoms with van der Waals surface area (Å²) >= 11 is 0. The molecule has 0 fully saturated rings. The van der Waals surface area contributed by atoms with Crippen molar-refractivity contribution in [3.63, 3.8) is 0 Å². The molecule has 0 aromatic rings. The molecule has 15 atom stereocenters. The fraction of sp³-hybridized carbons (Fsp3) is 0.857. The summed E-state index contributed by atoms with van der Waals surface area (Å²) in [4.78, 5) is 30.2. The van der Waals surface area contributed by atoms with Crippen LogP contribution in [0.25, 0.3) is 0 Å². The van der Waals surface area contributed by atoms with Crippen LogP contribution in [0.4, 0.5) is 0 Å². The Morgan fingerprint density at radius 3 is 0.609 bits per heavy atom. The van der Waals surface area contributed by atoms with Crippen molar-refractivity contribution in [1.82, 2.24) is 0 Å². The normalized spacial score (nSPS) is 21.0. The molecular weight excluding hydrogens is 822 g/mol. The molecule has 0 aliphatic rings. The van der Waals surface area contributed by atoms with E-state index in [0.717, 1.165) is 0 Å². The van der Waals surface area contributed by atoms with Crippen molar-refractivity contribution in [2.75, 3.05) is 19.8 Å². The fourth-order valence-electron chi connectivity index (χ4n) is 2.59. The minimum Gasteiger partial charge on any atom is -0.547 e. The van der Waals surface area contributed by atoms with Crippen molar-refractivity contribution >= 4 is 17.9 Å². The maximum absolute atomic E-state index is 10.1. The molecular formula is C21H39O24Re-3. The second kappa shape index (κ2) is 25.4. The predicted octanol–water partition coefficient (Wildman–Crippen LogP) is -16.4. The Morgan fingerprint density at radius 1 is 0.348 bits per heavy atom. The van der Waals surface area contributed by atoms with Crippen LogP contribution in [0.15, 0.2) is 0 Å². The van der Waals surface area contributed by atoms with Crippen LogP contribution in [-0.2, 0) is 34.8 Å². The standard InChI is InChI=1S/3C7H14O8.Re/c3*8-1-2(9)3(10)4(11)5(12)6(13)7(14)15;/h3*2-6,8-13H,1H2,(H,14,15);/p-3/t3*2?,3-,4-,5+,6-;/m111./s1. The van der Waals surface area contributed by atoms with E-state index in [4.69, 9.17) is 91.9 Å². The zero-order valence-electron chi connectivity index (χ0n) is 23.2. The fourth-order valence-corrected chi connectivity index (χ4v) is 2.59. The molecule has 46 heavy (non-hydrogen) atoms. The summed E-state index contributed by atoms with van der Waals surface area (Å²) in [7, 11) is 0. The van der Waals surface area contributed by atoms with E-state index in [-0.39, 0.29) is 20.4 Å². The molecule has 0 amide bonds. The Morgan fingerprint density at radius 2 is 0.500 bits per heavy atom. The Bertz CT molecular complexity index is 733. The first kappa shape index (κ1) is 51.2. The molecule has 3 unspecified atom stereocenters. The van der Waals surface area contributed by atoms with Gasteiger partial charge in [-0.3, -0.25) is 0 Å². The molecule has 1 radical (unpaired) electrons. The summed E-state index contributed by atoms with van der Waals surface area (Å²) in [5.41, 5.74) is 0. The van der Waals surface area contributed by atoms with Gasteiger partial charge < -0.3 is 122 Å². The number of aliphatic hydroxyl groups is 18. The predicted molar refractivity (Wildman–Crippen MR) is 126 cm³/mol. The number of carbonyl (C=O) groups excluding carboxylic acids is 3. The molecule has 0 aromatic heterocycles. The van der Waals surface area contributed by atoms with Gasteiger partial charge in [0.15, 0.2) is 0 Å². The molecule has 24 nitrogen and oxygen atoms in total. The second-order valence-electron chi connectivity index (χ2n) is 8.96. The van der Waals surface area contributed by atoms with E-state index in [1.807, 2.05) is 0 Å². The summed E-state index contributed by atoms with van der Waals surface area (Å²) < 4.78 is 0. The number of carbonyl (C=O) groups is 3. The molecule has 0 saturated heterocycles. The van der Waals surface area contributed by atoms with E-state index in [9.17, 15) is 29.7 Å². The zero-order chi connectivity index (χ0) is 36.5. The summed E-state index contributed by atoms with van der Waals surface area (Å²) in [5, 5.41) is 190. The molecule has 0 rings (SSSR count). The molecule has 277 valence electrons. The van der Waals surface area contributed by atoms with Crippen LogP contribution in [0.2, 0.25) is 0 Å². The summed E-state index contributed by atoms with van der Waals surface area (Å²) in [5.74, 6) is -6.10. The van der Waals surface area contributed by atoms with Crippen molar-refractivity contribution < 1.29 is 142 Å². The van der Waals surface area contributed by atoms with Gasteiger partial charge in [0.05, 0.1) is 37.7 Å². The van der Waals surface area contributed by atoms with E-state index < -0.39 is 129 Å². The van der Waals surface area contributed by atoms with Crippen LogP contribution in [0, 0.1) is 0 Å². The van der Waals surface area contributed by atoms with E-state index in [2.05, 4.69) is 0 Å². The summed E-state index contributed by atoms with van der Waals surface area (Å²) in [6.45, 7) is -2.69. The minimum atomic E-state index is -2.40. The molecule has 0 aliphatic heterocycles. The zero-order valence-corrected chi connectivity index (χ0v) is 25.9.